The van der Waals surface area contributed by atoms with Crippen molar-refractivity contribution >= 4 is 17.8 Å². The van der Waals surface area contributed by atoms with Crippen molar-refractivity contribution in [3.8, 4) is 11.5 Å². The molecule has 0 amide bonds. The van der Waals surface area contributed by atoms with Gasteiger partial charge in [0, 0.05) is 12.1 Å². The zero-order chi connectivity index (χ0) is 14.8. The van der Waals surface area contributed by atoms with Gasteiger partial charge in [-0.25, -0.2) is 0 Å². The van der Waals surface area contributed by atoms with Crippen LogP contribution in [0.2, 0.25) is 5.02 Å². The van der Waals surface area contributed by atoms with Crippen LogP contribution >= 0.6 is 11.6 Å². The van der Waals surface area contributed by atoms with Gasteiger partial charge in [-0.2, -0.15) is 5.10 Å². The van der Waals surface area contributed by atoms with E-state index in [0.717, 1.165) is 5.56 Å². The van der Waals surface area contributed by atoms with Crippen LogP contribution in [0.15, 0.2) is 17.2 Å². The summed E-state index contributed by atoms with van der Waals surface area (Å²) in [6, 6.07) is 4.77. The maximum absolute atomic E-state index is 6.25. The van der Waals surface area contributed by atoms with Crippen molar-refractivity contribution in [1.29, 1.82) is 0 Å². The Hall–Kier alpha value is -1.42. The molecule has 0 unspecified atom stereocenters. The molecule has 2 aliphatic rings. The third-order valence-electron chi connectivity index (χ3n) is 4.11. The van der Waals surface area contributed by atoms with Gasteiger partial charge in [-0.15, -0.1) is 0 Å². The van der Waals surface area contributed by atoms with E-state index in [4.69, 9.17) is 21.1 Å². The molecule has 0 aliphatic carbocycles. The number of benzene rings is 1. The van der Waals surface area contributed by atoms with Gasteiger partial charge in [0.15, 0.2) is 11.5 Å². The smallest absolute Gasteiger partial charge is 0.179 e. The van der Waals surface area contributed by atoms with E-state index in [1.165, 1.54) is 19.3 Å². The largest absolute Gasteiger partial charge is 0.486 e. The summed E-state index contributed by atoms with van der Waals surface area (Å²) < 4.78 is 11.1. The van der Waals surface area contributed by atoms with Gasteiger partial charge in [-0.1, -0.05) is 11.6 Å². The number of hydrogen-bond donors (Lipinski definition) is 0. The van der Waals surface area contributed by atoms with E-state index in [9.17, 15) is 0 Å². The first-order valence-corrected chi connectivity index (χ1v) is 7.94. The fraction of sp³-hybridized carbons (Fsp3) is 0.562. The summed E-state index contributed by atoms with van der Waals surface area (Å²) in [7, 11) is 0. The van der Waals surface area contributed by atoms with E-state index in [2.05, 4.69) is 24.0 Å². The molecule has 0 aromatic heterocycles. The Kier molecular flexibility index (Phi) is 4.24. The number of rotatable bonds is 2. The zero-order valence-corrected chi connectivity index (χ0v) is 13.3. The van der Waals surface area contributed by atoms with Gasteiger partial charge >= 0.3 is 0 Å². The molecule has 0 N–H and O–H groups in total. The van der Waals surface area contributed by atoms with Crippen LogP contribution in [0.3, 0.4) is 0 Å². The third kappa shape index (κ3) is 3.10. The van der Waals surface area contributed by atoms with Crippen molar-refractivity contribution in [1.82, 2.24) is 5.01 Å². The first-order chi connectivity index (χ1) is 10.1. The highest BCUT2D eigenvalue weighted by Crippen LogP contribution is 2.38. The molecule has 5 heteroatoms. The molecular weight excluding hydrogens is 288 g/mol. The van der Waals surface area contributed by atoms with Crippen LogP contribution in [0.4, 0.5) is 0 Å². The zero-order valence-electron chi connectivity index (χ0n) is 12.5. The van der Waals surface area contributed by atoms with Gasteiger partial charge in [0.25, 0.3) is 0 Å². The number of piperidine rings is 1. The van der Waals surface area contributed by atoms with Crippen molar-refractivity contribution in [2.24, 2.45) is 5.10 Å². The molecule has 2 aliphatic heterocycles. The maximum atomic E-state index is 6.25. The minimum Gasteiger partial charge on any atom is -0.486 e. The van der Waals surface area contributed by atoms with Crippen LogP contribution in [0.1, 0.15) is 38.7 Å². The van der Waals surface area contributed by atoms with E-state index in [0.29, 0.717) is 41.8 Å². The van der Waals surface area contributed by atoms with Gasteiger partial charge in [0.2, 0.25) is 0 Å². The number of ether oxygens (including phenoxy) is 2. The average Bonchev–Trinajstić information content (AvgIpc) is 2.47. The van der Waals surface area contributed by atoms with E-state index >= 15 is 0 Å². The van der Waals surface area contributed by atoms with Crippen molar-refractivity contribution < 1.29 is 9.47 Å². The third-order valence-corrected chi connectivity index (χ3v) is 4.39. The predicted octanol–water partition coefficient (Wildman–Crippen LogP) is 3.71. The standard InChI is InChI=1S/C16H21ClN2O2/c1-11-4-3-5-12(2)19(11)18-10-13-8-14(17)16-15(9-13)20-6-7-21-16/h8-12H,3-7H2,1-2H3/b18-10-/t11-,12-/m0/s1. The van der Waals surface area contributed by atoms with Crippen LogP contribution in [0.25, 0.3) is 0 Å². The Labute approximate surface area is 130 Å². The van der Waals surface area contributed by atoms with Crippen LogP contribution < -0.4 is 9.47 Å². The minimum absolute atomic E-state index is 0.484. The summed E-state index contributed by atoms with van der Waals surface area (Å²) in [6.45, 7) is 5.56. The van der Waals surface area contributed by atoms with Gasteiger partial charge in [0.1, 0.15) is 13.2 Å². The molecule has 21 heavy (non-hydrogen) atoms. The SMILES string of the molecule is C[C@H]1CCC[C@H](C)N1/N=C\c1cc(Cl)c2c(c1)OCCO2. The second-order valence-electron chi connectivity index (χ2n) is 5.78. The van der Waals surface area contributed by atoms with Crippen molar-refractivity contribution in [3.05, 3.63) is 22.7 Å². The molecule has 1 aromatic carbocycles. The van der Waals surface area contributed by atoms with Crippen LogP contribution in [-0.2, 0) is 0 Å². The number of halogens is 1. The van der Waals surface area contributed by atoms with E-state index in [1.54, 1.807) is 0 Å². The van der Waals surface area contributed by atoms with Crippen LogP contribution in [0.5, 0.6) is 11.5 Å². The lowest BCUT2D eigenvalue weighted by atomic mass is 10.00. The molecule has 4 nitrogen and oxygen atoms in total. The Morgan fingerprint density at radius 2 is 1.90 bits per heavy atom. The van der Waals surface area contributed by atoms with Crippen LogP contribution in [0, 0.1) is 0 Å². The molecule has 3 rings (SSSR count). The second kappa shape index (κ2) is 6.14. The topological polar surface area (TPSA) is 34.1 Å². The molecular formula is C16H21ClN2O2. The average molecular weight is 309 g/mol. The first-order valence-electron chi connectivity index (χ1n) is 7.56. The molecule has 2 atom stereocenters. The summed E-state index contributed by atoms with van der Waals surface area (Å²) in [5.74, 6) is 1.34. The number of nitrogens with zero attached hydrogens (tertiary/aromatic N) is 2. The minimum atomic E-state index is 0.484. The fourth-order valence-corrected chi connectivity index (χ4v) is 3.25. The highest BCUT2D eigenvalue weighted by molar-refractivity contribution is 6.32. The Balaban J connectivity index is 1.81. The molecule has 2 heterocycles. The molecule has 1 saturated heterocycles. The maximum Gasteiger partial charge on any atom is 0.179 e. The Bertz CT molecular complexity index is 537. The molecule has 0 spiro atoms. The van der Waals surface area contributed by atoms with Gasteiger partial charge < -0.3 is 9.47 Å². The normalized spacial score (nSPS) is 25.4. The molecule has 114 valence electrons. The van der Waals surface area contributed by atoms with Crippen LogP contribution in [-0.4, -0.2) is 36.5 Å². The molecule has 0 saturated carbocycles. The summed E-state index contributed by atoms with van der Waals surface area (Å²) >= 11 is 6.25. The summed E-state index contributed by atoms with van der Waals surface area (Å²) in [5.41, 5.74) is 0.939. The first kappa shape index (κ1) is 14.5. The highest BCUT2D eigenvalue weighted by atomic mass is 35.5. The monoisotopic (exact) mass is 308 g/mol. The number of fused-ring (bicyclic) bond motifs is 1. The molecule has 1 fully saturated rings. The predicted molar refractivity (Wildman–Crippen MR) is 84.7 cm³/mol. The highest BCUT2D eigenvalue weighted by Gasteiger charge is 2.23. The molecule has 0 bridgehead atoms. The van der Waals surface area contributed by atoms with Crippen molar-refractivity contribution in [3.63, 3.8) is 0 Å². The molecule has 1 aromatic rings. The Morgan fingerprint density at radius 1 is 1.19 bits per heavy atom. The lowest BCUT2D eigenvalue weighted by Gasteiger charge is -2.36. The number of hydrogen-bond acceptors (Lipinski definition) is 4. The van der Waals surface area contributed by atoms with E-state index < -0.39 is 0 Å². The van der Waals surface area contributed by atoms with Crippen molar-refractivity contribution in [2.75, 3.05) is 13.2 Å². The summed E-state index contributed by atoms with van der Waals surface area (Å²) in [5, 5.41) is 7.42. The van der Waals surface area contributed by atoms with Crippen molar-refractivity contribution in [2.45, 2.75) is 45.2 Å². The second-order valence-corrected chi connectivity index (χ2v) is 6.19. The van der Waals surface area contributed by atoms with Gasteiger partial charge in [-0.3, -0.25) is 5.01 Å². The summed E-state index contributed by atoms with van der Waals surface area (Å²) in [6.07, 6.45) is 5.54. The summed E-state index contributed by atoms with van der Waals surface area (Å²) in [4.78, 5) is 0. The van der Waals surface area contributed by atoms with Gasteiger partial charge in [0.05, 0.1) is 11.2 Å². The van der Waals surface area contributed by atoms with E-state index in [1.807, 2.05) is 18.3 Å². The molecule has 0 radical (unpaired) electrons. The Morgan fingerprint density at radius 3 is 2.67 bits per heavy atom. The van der Waals surface area contributed by atoms with E-state index in [-0.39, 0.29) is 0 Å². The number of hydrazone groups is 1. The lowest BCUT2D eigenvalue weighted by molar-refractivity contribution is 0.109. The fourth-order valence-electron chi connectivity index (χ4n) is 2.97. The lowest BCUT2D eigenvalue weighted by Crippen LogP contribution is -2.39. The quantitative estimate of drug-likeness (QED) is 0.781. The van der Waals surface area contributed by atoms with Gasteiger partial charge in [-0.05, 0) is 50.8 Å².